The maximum Gasteiger partial charge on any atom is 0.216 e. The molecule has 0 saturated heterocycles. The van der Waals surface area contributed by atoms with Crippen LogP contribution < -0.4 is 10.6 Å². The minimum absolute atomic E-state index is 0.0228. The van der Waals surface area contributed by atoms with Gasteiger partial charge in [-0.2, -0.15) is 0 Å². The highest BCUT2D eigenvalue weighted by Gasteiger charge is 2.03. The van der Waals surface area contributed by atoms with Crippen LogP contribution in [0.4, 0.5) is 5.82 Å². The average Bonchev–Trinajstić information content (AvgIpc) is 2.35. The van der Waals surface area contributed by atoms with Gasteiger partial charge in [0.2, 0.25) is 5.91 Å². The number of pyridine rings is 1. The number of carbonyl (C=O) groups is 1. The maximum absolute atomic E-state index is 10.8. The highest BCUT2D eigenvalue weighted by Crippen LogP contribution is 2.27. The largest absolute Gasteiger partial charge is 0.368 e. The molecule has 0 aliphatic heterocycles. The Morgan fingerprint density at radius 3 is 2.89 bits per heavy atom. The minimum atomic E-state index is -0.0228. The standard InChI is InChI=1S/C13H14BrN3O/c1-9(18)15-7-8-17-13-11-3-2-4-12(14)10(11)5-6-16-13/h2-6H,7-8H2,1H3,(H,15,18)(H,16,17). The van der Waals surface area contributed by atoms with Gasteiger partial charge in [0.05, 0.1) is 0 Å². The van der Waals surface area contributed by atoms with Gasteiger partial charge >= 0.3 is 0 Å². The molecule has 5 heteroatoms. The van der Waals surface area contributed by atoms with Crippen LogP contribution >= 0.6 is 15.9 Å². The first-order chi connectivity index (χ1) is 8.68. The van der Waals surface area contributed by atoms with Crippen molar-refractivity contribution in [1.29, 1.82) is 0 Å². The van der Waals surface area contributed by atoms with Crippen molar-refractivity contribution >= 4 is 38.4 Å². The molecule has 0 aliphatic rings. The Hall–Kier alpha value is -1.62. The van der Waals surface area contributed by atoms with Crippen LogP contribution in [-0.4, -0.2) is 24.0 Å². The summed E-state index contributed by atoms with van der Waals surface area (Å²) >= 11 is 3.52. The highest BCUT2D eigenvalue weighted by atomic mass is 79.9. The fourth-order valence-corrected chi connectivity index (χ4v) is 2.23. The Morgan fingerprint density at radius 2 is 2.11 bits per heavy atom. The van der Waals surface area contributed by atoms with Gasteiger partial charge in [-0.25, -0.2) is 4.98 Å². The predicted molar refractivity (Wildman–Crippen MR) is 76.6 cm³/mol. The molecule has 1 amide bonds. The second-order valence-electron chi connectivity index (χ2n) is 3.90. The number of rotatable bonds is 4. The molecular weight excluding hydrogens is 294 g/mol. The van der Waals surface area contributed by atoms with Crippen LogP contribution in [0.25, 0.3) is 10.8 Å². The Morgan fingerprint density at radius 1 is 1.28 bits per heavy atom. The van der Waals surface area contributed by atoms with Crippen molar-refractivity contribution in [2.45, 2.75) is 6.92 Å². The Balaban J connectivity index is 2.13. The molecule has 0 aliphatic carbocycles. The number of carbonyl (C=O) groups excluding carboxylic acids is 1. The predicted octanol–water partition coefficient (Wildman–Crippen LogP) is 2.55. The molecule has 0 bridgehead atoms. The SMILES string of the molecule is CC(=O)NCCNc1nccc2c(Br)cccc12. The van der Waals surface area contributed by atoms with Crippen LogP contribution in [0.1, 0.15) is 6.92 Å². The van der Waals surface area contributed by atoms with Crippen molar-refractivity contribution in [1.82, 2.24) is 10.3 Å². The van der Waals surface area contributed by atoms with Gasteiger partial charge < -0.3 is 10.6 Å². The number of fused-ring (bicyclic) bond motifs is 1. The van der Waals surface area contributed by atoms with E-state index in [0.29, 0.717) is 13.1 Å². The third-order valence-electron chi connectivity index (χ3n) is 2.54. The number of amides is 1. The lowest BCUT2D eigenvalue weighted by atomic mass is 10.1. The molecule has 0 fully saturated rings. The molecule has 1 aromatic carbocycles. The van der Waals surface area contributed by atoms with Gasteiger partial charge in [-0.15, -0.1) is 0 Å². The van der Waals surface area contributed by atoms with E-state index in [2.05, 4.69) is 31.5 Å². The zero-order valence-corrected chi connectivity index (χ0v) is 11.6. The molecule has 94 valence electrons. The maximum atomic E-state index is 10.8. The lowest BCUT2D eigenvalue weighted by Gasteiger charge is -2.09. The quantitative estimate of drug-likeness (QED) is 0.854. The fourth-order valence-electron chi connectivity index (χ4n) is 1.73. The summed E-state index contributed by atoms with van der Waals surface area (Å²) in [6, 6.07) is 7.97. The molecule has 0 unspecified atom stereocenters. The second kappa shape index (κ2) is 5.82. The minimum Gasteiger partial charge on any atom is -0.368 e. The lowest BCUT2D eigenvalue weighted by molar-refractivity contribution is -0.118. The van der Waals surface area contributed by atoms with Crippen LogP contribution in [0.2, 0.25) is 0 Å². The molecule has 0 saturated carbocycles. The summed E-state index contributed by atoms with van der Waals surface area (Å²) in [5.74, 6) is 0.810. The monoisotopic (exact) mass is 307 g/mol. The van der Waals surface area contributed by atoms with Gasteiger partial charge in [0.25, 0.3) is 0 Å². The van der Waals surface area contributed by atoms with Crippen molar-refractivity contribution in [3.63, 3.8) is 0 Å². The van der Waals surface area contributed by atoms with E-state index in [9.17, 15) is 4.79 Å². The molecule has 2 rings (SSSR count). The zero-order chi connectivity index (χ0) is 13.0. The molecule has 0 spiro atoms. The summed E-state index contributed by atoms with van der Waals surface area (Å²) in [6.07, 6.45) is 1.77. The van der Waals surface area contributed by atoms with E-state index in [-0.39, 0.29) is 5.91 Å². The molecule has 0 radical (unpaired) electrons. The van der Waals surface area contributed by atoms with Gasteiger partial charge in [-0.05, 0) is 12.1 Å². The summed E-state index contributed by atoms with van der Waals surface area (Å²) in [7, 11) is 0. The van der Waals surface area contributed by atoms with Crippen molar-refractivity contribution < 1.29 is 4.79 Å². The van der Waals surface area contributed by atoms with Crippen LogP contribution in [0.15, 0.2) is 34.9 Å². The number of hydrogen-bond donors (Lipinski definition) is 2. The average molecular weight is 308 g/mol. The van der Waals surface area contributed by atoms with Crippen LogP contribution in [-0.2, 0) is 4.79 Å². The summed E-state index contributed by atoms with van der Waals surface area (Å²) in [6.45, 7) is 2.74. The molecule has 2 aromatic rings. The number of halogens is 1. The van der Waals surface area contributed by atoms with Gasteiger partial charge in [-0.1, -0.05) is 28.1 Å². The van der Waals surface area contributed by atoms with Gasteiger partial charge in [0.1, 0.15) is 5.82 Å². The van der Waals surface area contributed by atoms with E-state index in [1.54, 1.807) is 6.20 Å². The zero-order valence-electron chi connectivity index (χ0n) is 10.0. The van der Waals surface area contributed by atoms with Crippen molar-refractivity contribution in [2.24, 2.45) is 0 Å². The summed E-state index contributed by atoms with van der Waals surface area (Å²) in [5.41, 5.74) is 0. The smallest absolute Gasteiger partial charge is 0.216 e. The number of benzene rings is 1. The van der Waals surface area contributed by atoms with Crippen LogP contribution in [0.5, 0.6) is 0 Å². The lowest BCUT2D eigenvalue weighted by Crippen LogP contribution is -2.26. The number of nitrogens with one attached hydrogen (secondary N) is 2. The molecule has 18 heavy (non-hydrogen) atoms. The molecule has 4 nitrogen and oxygen atoms in total. The number of nitrogens with zero attached hydrogens (tertiary/aromatic N) is 1. The van der Waals surface area contributed by atoms with Crippen molar-refractivity contribution in [2.75, 3.05) is 18.4 Å². The van der Waals surface area contributed by atoms with E-state index in [0.717, 1.165) is 21.1 Å². The summed E-state index contributed by atoms with van der Waals surface area (Å²) in [4.78, 5) is 15.1. The first-order valence-corrected chi connectivity index (χ1v) is 6.49. The third kappa shape index (κ3) is 2.98. The molecule has 1 heterocycles. The fraction of sp³-hybridized carbons (Fsp3) is 0.231. The summed E-state index contributed by atoms with van der Waals surface area (Å²) in [5, 5.41) is 8.14. The number of anilines is 1. The van der Waals surface area contributed by atoms with Crippen molar-refractivity contribution in [3.05, 3.63) is 34.9 Å². The van der Waals surface area contributed by atoms with E-state index in [4.69, 9.17) is 0 Å². The first kappa shape index (κ1) is 12.8. The topological polar surface area (TPSA) is 54.0 Å². The van der Waals surface area contributed by atoms with Crippen LogP contribution in [0, 0.1) is 0 Å². The molecule has 0 atom stereocenters. The molecule has 2 N–H and O–H groups in total. The number of aromatic nitrogens is 1. The van der Waals surface area contributed by atoms with E-state index < -0.39 is 0 Å². The van der Waals surface area contributed by atoms with Gasteiger partial charge in [0, 0.05) is 41.5 Å². The van der Waals surface area contributed by atoms with Gasteiger partial charge in [0.15, 0.2) is 0 Å². The third-order valence-corrected chi connectivity index (χ3v) is 3.24. The number of hydrogen-bond acceptors (Lipinski definition) is 3. The normalized spacial score (nSPS) is 10.3. The Bertz CT molecular complexity index is 571. The molecular formula is C13H14BrN3O. The molecule has 1 aromatic heterocycles. The van der Waals surface area contributed by atoms with Crippen LogP contribution in [0.3, 0.4) is 0 Å². The second-order valence-corrected chi connectivity index (χ2v) is 4.76. The Kier molecular flexibility index (Phi) is 4.15. The highest BCUT2D eigenvalue weighted by molar-refractivity contribution is 9.10. The van der Waals surface area contributed by atoms with Gasteiger partial charge in [-0.3, -0.25) is 4.79 Å². The van der Waals surface area contributed by atoms with E-state index >= 15 is 0 Å². The summed E-state index contributed by atoms with van der Waals surface area (Å²) < 4.78 is 1.05. The van der Waals surface area contributed by atoms with E-state index in [1.807, 2.05) is 24.3 Å². The van der Waals surface area contributed by atoms with Crippen molar-refractivity contribution in [3.8, 4) is 0 Å². The first-order valence-electron chi connectivity index (χ1n) is 5.70. The van der Waals surface area contributed by atoms with E-state index in [1.165, 1.54) is 6.92 Å². The Labute approximate surface area is 114 Å².